The van der Waals surface area contributed by atoms with Gasteiger partial charge in [-0.1, -0.05) is 6.92 Å². The number of hydrogen-bond acceptors (Lipinski definition) is 5. The Morgan fingerprint density at radius 1 is 1.42 bits per heavy atom. The van der Waals surface area contributed by atoms with E-state index < -0.39 is 9.84 Å². The normalized spacial score (nSPS) is 23.3. The molecule has 7 heteroatoms. The number of sulfone groups is 1. The fraction of sp³-hybridized carbons (Fsp3) is 0.500. The van der Waals surface area contributed by atoms with Crippen LogP contribution in [-0.2, 0) is 14.6 Å². The summed E-state index contributed by atoms with van der Waals surface area (Å²) in [5.74, 6) is 0.171. The van der Waals surface area contributed by atoms with Crippen LogP contribution in [0.15, 0.2) is 23.4 Å². The third kappa shape index (κ3) is 3.30. The van der Waals surface area contributed by atoms with Crippen LogP contribution in [-0.4, -0.2) is 38.7 Å². The molecule has 0 unspecified atom stereocenters. The first-order valence-electron chi connectivity index (χ1n) is 6.05. The molecule has 104 valence electrons. The van der Waals surface area contributed by atoms with Crippen LogP contribution in [0.2, 0.25) is 0 Å². The Balaban J connectivity index is 2.06. The van der Waals surface area contributed by atoms with Gasteiger partial charge in [0.15, 0.2) is 14.9 Å². The smallest absolute Gasteiger partial charge is 0.229 e. The number of nitrogens with zero attached hydrogens (tertiary/aromatic N) is 1. The number of rotatable bonds is 3. The maximum absolute atomic E-state index is 12.0. The summed E-state index contributed by atoms with van der Waals surface area (Å²) >= 11 is 0. The number of aromatic nitrogens is 1. The Hall–Kier alpha value is -1.47. The van der Waals surface area contributed by atoms with Gasteiger partial charge in [-0.2, -0.15) is 0 Å². The Labute approximate surface area is 112 Å². The highest BCUT2D eigenvalue weighted by Crippen LogP contribution is 2.18. The lowest BCUT2D eigenvalue weighted by Gasteiger charge is -2.14. The second-order valence-corrected chi connectivity index (χ2v) is 6.85. The predicted octanol–water partition coefficient (Wildman–Crippen LogP) is 0.279. The zero-order chi connectivity index (χ0) is 14.0. The van der Waals surface area contributed by atoms with Crippen LogP contribution < -0.4 is 10.6 Å². The molecule has 1 aromatic rings. The lowest BCUT2D eigenvalue weighted by Crippen LogP contribution is -2.27. The molecule has 0 bridgehead atoms. The zero-order valence-corrected chi connectivity index (χ0v) is 11.7. The van der Waals surface area contributed by atoms with E-state index in [1.54, 1.807) is 6.07 Å². The second-order valence-electron chi connectivity index (χ2n) is 4.89. The van der Waals surface area contributed by atoms with Gasteiger partial charge in [0.25, 0.3) is 0 Å². The molecule has 0 aromatic carbocycles. The van der Waals surface area contributed by atoms with Crippen molar-refractivity contribution in [1.29, 1.82) is 0 Å². The van der Waals surface area contributed by atoms with Crippen LogP contribution in [0.3, 0.4) is 0 Å². The molecule has 2 rings (SSSR count). The number of hydrogen-bond donors (Lipinski definition) is 2. The minimum absolute atomic E-state index is 0.00130. The van der Waals surface area contributed by atoms with E-state index in [-0.39, 0.29) is 16.9 Å². The fourth-order valence-corrected chi connectivity index (χ4v) is 2.63. The maximum atomic E-state index is 12.0. The van der Waals surface area contributed by atoms with Gasteiger partial charge in [0.1, 0.15) is 0 Å². The number of carbonyl (C=O) groups excluding carboxylic acids is 1. The quantitative estimate of drug-likeness (QED) is 0.832. The molecule has 0 saturated carbocycles. The van der Waals surface area contributed by atoms with Gasteiger partial charge < -0.3 is 10.6 Å². The predicted molar refractivity (Wildman–Crippen MR) is 71.5 cm³/mol. The van der Waals surface area contributed by atoms with E-state index in [1.807, 2.05) is 6.92 Å². The SMILES string of the molecule is C[C@@H]1CNC[C@H]1C(=O)Nc1ccc(S(C)(=O)=O)nc1. The minimum atomic E-state index is -3.31. The highest BCUT2D eigenvalue weighted by atomic mass is 32.2. The third-order valence-electron chi connectivity index (χ3n) is 3.24. The van der Waals surface area contributed by atoms with Gasteiger partial charge in [0, 0.05) is 12.8 Å². The van der Waals surface area contributed by atoms with E-state index in [9.17, 15) is 13.2 Å². The van der Waals surface area contributed by atoms with Gasteiger partial charge in [-0.05, 0) is 24.6 Å². The largest absolute Gasteiger partial charge is 0.324 e. The average Bonchev–Trinajstić information content (AvgIpc) is 2.75. The van der Waals surface area contributed by atoms with Crippen molar-refractivity contribution in [2.24, 2.45) is 11.8 Å². The Morgan fingerprint density at radius 2 is 2.16 bits per heavy atom. The molecule has 6 nitrogen and oxygen atoms in total. The summed E-state index contributed by atoms with van der Waals surface area (Å²) in [5.41, 5.74) is 0.511. The molecular formula is C12H17N3O3S. The van der Waals surface area contributed by atoms with Crippen LogP contribution in [0.4, 0.5) is 5.69 Å². The lowest BCUT2D eigenvalue weighted by molar-refractivity contribution is -0.120. The number of amides is 1. The van der Waals surface area contributed by atoms with Crippen molar-refractivity contribution in [3.8, 4) is 0 Å². The molecule has 1 aliphatic rings. The highest BCUT2D eigenvalue weighted by molar-refractivity contribution is 7.90. The van der Waals surface area contributed by atoms with Gasteiger partial charge in [-0.15, -0.1) is 0 Å². The van der Waals surface area contributed by atoms with Gasteiger partial charge in [0.05, 0.1) is 17.8 Å². The molecule has 1 saturated heterocycles. The zero-order valence-electron chi connectivity index (χ0n) is 10.9. The van der Waals surface area contributed by atoms with Crippen molar-refractivity contribution in [3.63, 3.8) is 0 Å². The van der Waals surface area contributed by atoms with E-state index in [1.165, 1.54) is 12.3 Å². The van der Waals surface area contributed by atoms with Crippen LogP contribution in [0.1, 0.15) is 6.92 Å². The Morgan fingerprint density at radius 3 is 2.63 bits per heavy atom. The molecule has 0 spiro atoms. The van der Waals surface area contributed by atoms with Gasteiger partial charge in [0.2, 0.25) is 5.91 Å². The topological polar surface area (TPSA) is 88.2 Å². The van der Waals surface area contributed by atoms with Crippen LogP contribution in [0.5, 0.6) is 0 Å². The molecular weight excluding hydrogens is 266 g/mol. The molecule has 2 atom stereocenters. The first-order valence-corrected chi connectivity index (χ1v) is 7.95. The Kier molecular flexibility index (Phi) is 3.86. The number of pyridine rings is 1. The second kappa shape index (κ2) is 5.26. The molecule has 0 aliphatic carbocycles. The summed E-state index contributed by atoms with van der Waals surface area (Å²) < 4.78 is 22.5. The number of carbonyl (C=O) groups is 1. The fourth-order valence-electron chi connectivity index (χ4n) is 2.07. The van der Waals surface area contributed by atoms with Gasteiger partial charge in [-0.25, -0.2) is 13.4 Å². The molecule has 1 aliphatic heterocycles. The maximum Gasteiger partial charge on any atom is 0.229 e. The molecule has 19 heavy (non-hydrogen) atoms. The molecule has 1 fully saturated rings. The van der Waals surface area contributed by atoms with Crippen LogP contribution in [0.25, 0.3) is 0 Å². The van der Waals surface area contributed by atoms with Gasteiger partial charge >= 0.3 is 0 Å². The summed E-state index contributed by atoms with van der Waals surface area (Å²) in [4.78, 5) is 15.8. The van der Waals surface area contributed by atoms with E-state index in [4.69, 9.17) is 0 Å². The standard InChI is InChI=1S/C12H17N3O3S/c1-8-5-13-7-10(8)12(16)15-9-3-4-11(14-6-9)19(2,17)18/h3-4,6,8,10,13H,5,7H2,1-2H3,(H,15,16)/t8-,10-/m1/s1. The summed E-state index contributed by atoms with van der Waals surface area (Å²) in [5, 5.41) is 5.92. The third-order valence-corrected chi connectivity index (χ3v) is 4.24. The van der Waals surface area contributed by atoms with Crippen LogP contribution >= 0.6 is 0 Å². The molecule has 2 N–H and O–H groups in total. The summed E-state index contributed by atoms with van der Waals surface area (Å²) in [6, 6.07) is 2.94. The van der Waals surface area contributed by atoms with Crippen molar-refractivity contribution in [2.45, 2.75) is 11.9 Å². The van der Waals surface area contributed by atoms with Gasteiger partial charge in [-0.3, -0.25) is 4.79 Å². The van der Waals surface area contributed by atoms with Crippen LogP contribution in [0, 0.1) is 11.8 Å². The summed E-state index contributed by atoms with van der Waals surface area (Å²) in [7, 11) is -3.31. The van der Waals surface area contributed by atoms with Crippen molar-refractivity contribution in [1.82, 2.24) is 10.3 Å². The average molecular weight is 283 g/mol. The minimum Gasteiger partial charge on any atom is -0.324 e. The molecule has 1 amide bonds. The van der Waals surface area contributed by atoms with Crippen molar-refractivity contribution < 1.29 is 13.2 Å². The van der Waals surface area contributed by atoms with Crippen molar-refractivity contribution in [3.05, 3.63) is 18.3 Å². The number of anilines is 1. The molecule has 1 aromatic heterocycles. The van der Waals surface area contributed by atoms with E-state index in [2.05, 4.69) is 15.6 Å². The molecule has 0 radical (unpaired) electrons. The van der Waals surface area contributed by atoms with E-state index in [0.29, 0.717) is 18.2 Å². The van der Waals surface area contributed by atoms with Crippen molar-refractivity contribution >= 4 is 21.4 Å². The highest BCUT2D eigenvalue weighted by Gasteiger charge is 2.29. The lowest BCUT2D eigenvalue weighted by atomic mass is 9.97. The van der Waals surface area contributed by atoms with E-state index in [0.717, 1.165) is 12.8 Å². The summed E-state index contributed by atoms with van der Waals surface area (Å²) in [6.07, 6.45) is 2.46. The van der Waals surface area contributed by atoms with E-state index >= 15 is 0 Å². The van der Waals surface area contributed by atoms with Crippen molar-refractivity contribution in [2.75, 3.05) is 24.7 Å². The number of nitrogens with one attached hydrogen (secondary N) is 2. The first kappa shape index (κ1) is 14.0. The molecule has 2 heterocycles. The monoisotopic (exact) mass is 283 g/mol. The first-order chi connectivity index (χ1) is 8.88. The Bertz CT molecular complexity index is 568. The summed E-state index contributed by atoms with van der Waals surface area (Å²) in [6.45, 7) is 3.53.